The van der Waals surface area contributed by atoms with E-state index in [0.717, 1.165) is 73.2 Å². The summed E-state index contributed by atoms with van der Waals surface area (Å²) >= 11 is 0. The second-order valence-electron chi connectivity index (χ2n) is 12.9. The van der Waals surface area contributed by atoms with Gasteiger partial charge in [-0.05, 0) is 86.0 Å². The number of nitrogens with zero attached hydrogens (tertiary/aromatic N) is 2. The molecule has 0 radical (unpaired) electrons. The summed E-state index contributed by atoms with van der Waals surface area (Å²) in [6.45, 7) is 7.28. The standard InChI is InChI=1S/C33H43N5O4/c1-19(2)22-11-13-33(3,23-15-28-29(16-24(23)34)42-18-41-28)17-27(22)36-21-7-5-20(6-8-21)32(39)37-26-12-14-35-25-9-10-30(40-4)38-31(25)26/h9-10,12,14-16,19-22,27,36H,5-8,11,13,17-18,34H2,1-4H3,(H,35,37,39). The molecule has 9 heteroatoms. The molecule has 0 saturated heterocycles. The number of aromatic nitrogens is 2. The molecule has 3 aromatic rings. The Hall–Kier alpha value is -3.59. The van der Waals surface area contributed by atoms with Gasteiger partial charge in [0.1, 0.15) is 5.52 Å². The summed E-state index contributed by atoms with van der Waals surface area (Å²) in [5.41, 5.74) is 10.5. The number of pyridine rings is 2. The average molecular weight is 574 g/mol. The van der Waals surface area contributed by atoms with Gasteiger partial charge >= 0.3 is 0 Å². The molecule has 3 atom stereocenters. The molecule has 224 valence electrons. The fraction of sp³-hybridized carbons (Fsp3) is 0.545. The first-order valence-corrected chi connectivity index (χ1v) is 15.3. The van der Waals surface area contributed by atoms with Gasteiger partial charge in [0.25, 0.3) is 0 Å². The molecule has 3 aliphatic rings. The summed E-state index contributed by atoms with van der Waals surface area (Å²) in [5.74, 6) is 3.24. The molecule has 6 rings (SSSR count). The predicted molar refractivity (Wildman–Crippen MR) is 164 cm³/mol. The first kappa shape index (κ1) is 28.5. The molecule has 4 N–H and O–H groups in total. The van der Waals surface area contributed by atoms with E-state index < -0.39 is 0 Å². The Morgan fingerprint density at radius 2 is 1.86 bits per heavy atom. The van der Waals surface area contributed by atoms with Crippen molar-refractivity contribution in [3.63, 3.8) is 0 Å². The van der Waals surface area contributed by atoms with Crippen molar-refractivity contribution in [2.75, 3.05) is 25.0 Å². The minimum Gasteiger partial charge on any atom is -0.481 e. The van der Waals surface area contributed by atoms with Crippen molar-refractivity contribution < 1.29 is 19.0 Å². The Bertz CT molecular complexity index is 1450. The third-order valence-corrected chi connectivity index (χ3v) is 9.84. The third kappa shape index (κ3) is 5.59. The molecule has 0 spiro atoms. The maximum atomic E-state index is 13.3. The molecule has 1 aromatic carbocycles. The van der Waals surface area contributed by atoms with Gasteiger partial charge in [-0.15, -0.1) is 0 Å². The van der Waals surface area contributed by atoms with E-state index in [9.17, 15) is 4.79 Å². The molecule has 2 aromatic heterocycles. The average Bonchev–Trinajstić information content (AvgIpc) is 3.44. The second kappa shape index (κ2) is 11.6. The number of methoxy groups -OCH3 is 1. The zero-order valence-electron chi connectivity index (χ0n) is 25.1. The van der Waals surface area contributed by atoms with Gasteiger partial charge in [0.05, 0.1) is 18.3 Å². The smallest absolute Gasteiger partial charge is 0.231 e. The topological polar surface area (TPSA) is 121 Å². The van der Waals surface area contributed by atoms with Crippen LogP contribution in [0, 0.1) is 17.8 Å². The van der Waals surface area contributed by atoms with Crippen molar-refractivity contribution >= 4 is 28.3 Å². The molecule has 1 amide bonds. The van der Waals surface area contributed by atoms with Crippen LogP contribution in [0.5, 0.6) is 17.4 Å². The van der Waals surface area contributed by atoms with Gasteiger partial charge in [-0.25, -0.2) is 4.98 Å². The molecular weight excluding hydrogens is 530 g/mol. The van der Waals surface area contributed by atoms with Crippen molar-refractivity contribution in [3.05, 3.63) is 42.1 Å². The number of anilines is 2. The van der Waals surface area contributed by atoms with Crippen LogP contribution in [-0.2, 0) is 10.2 Å². The first-order valence-electron chi connectivity index (χ1n) is 15.3. The Kier molecular flexibility index (Phi) is 7.87. The van der Waals surface area contributed by atoms with Crippen molar-refractivity contribution in [1.82, 2.24) is 15.3 Å². The number of nitrogens with two attached hydrogens (primary N) is 1. The normalized spacial score (nSPS) is 27.3. The summed E-state index contributed by atoms with van der Waals surface area (Å²) in [4.78, 5) is 22.2. The van der Waals surface area contributed by atoms with Gasteiger partial charge in [0, 0.05) is 42.0 Å². The molecule has 2 saturated carbocycles. The van der Waals surface area contributed by atoms with Gasteiger partial charge in [-0.2, -0.15) is 0 Å². The highest BCUT2D eigenvalue weighted by atomic mass is 16.7. The highest BCUT2D eigenvalue weighted by Crippen LogP contribution is 2.48. The summed E-state index contributed by atoms with van der Waals surface area (Å²) < 4.78 is 16.5. The largest absolute Gasteiger partial charge is 0.481 e. The Balaban J connectivity index is 1.10. The lowest BCUT2D eigenvalue weighted by Gasteiger charge is -2.47. The number of fused-ring (bicyclic) bond motifs is 2. The number of amides is 1. The first-order chi connectivity index (χ1) is 20.2. The number of rotatable bonds is 7. The van der Waals surface area contributed by atoms with Gasteiger partial charge in [0.15, 0.2) is 11.5 Å². The number of nitrogen functional groups attached to an aromatic ring is 1. The number of ether oxygens (including phenoxy) is 3. The lowest BCUT2D eigenvalue weighted by atomic mass is 9.63. The zero-order chi connectivity index (χ0) is 29.4. The number of carbonyl (C=O) groups excluding carboxylic acids is 1. The van der Waals surface area contributed by atoms with E-state index in [1.165, 1.54) is 0 Å². The van der Waals surface area contributed by atoms with Gasteiger partial charge in [-0.1, -0.05) is 20.8 Å². The van der Waals surface area contributed by atoms with Crippen LogP contribution in [0.15, 0.2) is 36.5 Å². The molecule has 42 heavy (non-hydrogen) atoms. The minimum absolute atomic E-state index is 0.0252. The SMILES string of the molecule is COc1ccc2nccc(NC(=O)C3CCC(NC4CC(C)(c5cc6c(cc5N)OCO6)CCC4C(C)C)CC3)c2n1. The van der Waals surface area contributed by atoms with E-state index in [-0.39, 0.29) is 24.0 Å². The number of benzene rings is 1. The van der Waals surface area contributed by atoms with Crippen molar-refractivity contribution in [2.24, 2.45) is 17.8 Å². The van der Waals surface area contributed by atoms with E-state index >= 15 is 0 Å². The Labute approximate surface area is 247 Å². The van der Waals surface area contributed by atoms with Crippen molar-refractivity contribution in [2.45, 2.75) is 83.2 Å². The van der Waals surface area contributed by atoms with E-state index in [1.807, 2.05) is 12.1 Å². The predicted octanol–water partition coefficient (Wildman–Crippen LogP) is 5.82. The number of nitrogens with one attached hydrogen (secondary N) is 2. The van der Waals surface area contributed by atoms with Crippen molar-refractivity contribution in [3.8, 4) is 17.4 Å². The number of hydrogen-bond donors (Lipinski definition) is 3. The summed E-state index contributed by atoms with van der Waals surface area (Å²) in [6.07, 6.45) is 8.63. The highest BCUT2D eigenvalue weighted by molar-refractivity contribution is 6.00. The van der Waals surface area contributed by atoms with Gasteiger partial charge in [-0.3, -0.25) is 9.78 Å². The van der Waals surface area contributed by atoms with Crippen LogP contribution < -0.4 is 30.6 Å². The monoisotopic (exact) mass is 573 g/mol. The molecule has 3 unspecified atom stereocenters. The van der Waals surface area contributed by atoms with Crippen LogP contribution >= 0.6 is 0 Å². The fourth-order valence-electron chi connectivity index (χ4n) is 7.41. The third-order valence-electron chi connectivity index (χ3n) is 9.84. The molecule has 2 fully saturated rings. The second-order valence-corrected chi connectivity index (χ2v) is 12.9. The molecule has 3 heterocycles. The van der Waals surface area contributed by atoms with Gasteiger partial charge < -0.3 is 30.6 Å². The summed E-state index contributed by atoms with van der Waals surface area (Å²) in [5, 5.41) is 7.20. The number of carbonyl (C=O) groups is 1. The van der Waals surface area contributed by atoms with Crippen LogP contribution in [0.1, 0.15) is 71.3 Å². The van der Waals surface area contributed by atoms with E-state index in [0.29, 0.717) is 41.0 Å². The lowest BCUT2D eigenvalue weighted by Crippen LogP contribution is -2.52. The van der Waals surface area contributed by atoms with Crippen LogP contribution in [0.4, 0.5) is 11.4 Å². The Morgan fingerprint density at radius 3 is 2.60 bits per heavy atom. The van der Waals surface area contributed by atoms with E-state index in [4.69, 9.17) is 19.9 Å². The zero-order valence-corrected chi connectivity index (χ0v) is 25.1. The maximum absolute atomic E-state index is 13.3. The van der Waals surface area contributed by atoms with Crippen LogP contribution in [-0.4, -0.2) is 41.9 Å². The Morgan fingerprint density at radius 1 is 1.10 bits per heavy atom. The summed E-state index contributed by atoms with van der Waals surface area (Å²) in [6, 6.07) is 10.2. The molecule has 0 bridgehead atoms. The fourth-order valence-corrected chi connectivity index (χ4v) is 7.41. The molecule has 9 nitrogen and oxygen atoms in total. The lowest BCUT2D eigenvalue weighted by molar-refractivity contribution is -0.120. The minimum atomic E-state index is -0.0464. The maximum Gasteiger partial charge on any atom is 0.231 e. The highest BCUT2D eigenvalue weighted by Gasteiger charge is 2.42. The quantitative estimate of drug-likeness (QED) is 0.303. The van der Waals surface area contributed by atoms with E-state index in [2.05, 4.69) is 47.4 Å². The molecule has 1 aliphatic heterocycles. The van der Waals surface area contributed by atoms with Crippen molar-refractivity contribution in [1.29, 1.82) is 0 Å². The van der Waals surface area contributed by atoms with Crippen LogP contribution in [0.2, 0.25) is 0 Å². The summed E-state index contributed by atoms with van der Waals surface area (Å²) in [7, 11) is 1.58. The number of hydrogen-bond acceptors (Lipinski definition) is 8. The van der Waals surface area contributed by atoms with E-state index in [1.54, 1.807) is 25.4 Å². The molecule has 2 aliphatic carbocycles. The molecular formula is C33H43N5O4. The van der Waals surface area contributed by atoms with Gasteiger partial charge in [0.2, 0.25) is 18.6 Å². The van der Waals surface area contributed by atoms with Crippen LogP contribution in [0.3, 0.4) is 0 Å². The van der Waals surface area contributed by atoms with Crippen LogP contribution in [0.25, 0.3) is 11.0 Å².